The highest BCUT2D eigenvalue weighted by Gasteiger charge is 2.24. The van der Waals surface area contributed by atoms with Gasteiger partial charge in [-0.2, -0.15) is 0 Å². The van der Waals surface area contributed by atoms with Crippen LogP contribution in [0.4, 0.5) is 5.69 Å². The highest BCUT2D eigenvalue weighted by atomic mass is 32.2. The summed E-state index contributed by atoms with van der Waals surface area (Å²) in [5.41, 5.74) is 2.12. The number of amides is 2. The van der Waals surface area contributed by atoms with E-state index >= 15 is 0 Å². The molecule has 0 aliphatic heterocycles. The van der Waals surface area contributed by atoms with Gasteiger partial charge in [0, 0.05) is 36.5 Å². The van der Waals surface area contributed by atoms with Gasteiger partial charge in [-0.1, -0.05) is 6.07 Å². The monoisotopic (exact) mass is 431 g/mol. The van der Waals surface area contributed by atoms with Crippen LogP contribution in [0.3, 0.4) is 0 Å². The molecule has 0 radical (unpaired) electrons. The van der Waals surface area contributed by atoms with Crippen LogP contribution in [0.2, 0.25) is 0 Å². The van der Waals surface area contributed by atoms with Crippen LogP contribution in [0, 0.1) is 6.92 Å². The maximum atomic E-state index is 12.6. The largest absolute Gasteiger partial charge is 0.383 e. The fraction of sp³-hybridized carbons (Fsp3) is 0.333. The Labute approximate surface area is 176 Å². The van der Waals surface area contributed by atoms with Crippen molar-refractivity contribution < 1.29 is 22.7 Å². The van der Waals surface area contributed by atoms with Gasteiger partial charge in [-0.15, -0.1) is 0 Å². The summed E-state index contributed by atoms with van der Waals surface area (Å²) in [4.78, 5) is 24.9. The van der Waals surface area contributed by atoms with Gasteiger partial charge in [0.25, 0.3) is 11.8 Å². The van der Waals surface area contributed by atoms with Gasteiger partial charge in [0.1, 0.15) is 0 Å². The van der Waals surface area contributed by atoms with E-state index in [1.165, 1.54) is 31.4 Å². The number of carbonyl (C=O) groups is 2. The lowest BCUT2D eigenvalue weighted by Gasteiger charge is -2.11. The minimum absolute atomic E-state index is 0.0603. The van der Waals surface area contributed by atoms with Crippen LogP contribution in [0.25, 0.3) is 0 Å². The number of carbonyl (C=O) groups excluding carboxylic acids is 2. The molecule has 3 rings (SSSR count). The molecule has 0 aromatic heterocycles. The minimum atomic E-state index is -3.67. The number of aryl methyl sites for hydroxylation is 1. The smallest absolute Gasteiger partial charge is 0.255 e. The Hall–Kier alpha value is -2.75. The summed E-state index contributed by atoms with van der Waals surface area (Å²) in [7, 11) is -2.18. The second-order valence-electron chi connectivity index (χ2n) is 7.15. The lowest BCUT2D eigenvalue weighted by molar-refractivity contribution is 0.0949. The van der Waals surface area contributed by atoms with Crippen LogP contribution in [0.1, 0.15) is 39.1 Å². The second kappa shape index (κ2) is 9.38. The first-order valence-corrected chi connectivity index (χ1v) is 11.1. The van der Waals surface area contributed by atoms with E-state index in [1.807, 2.05) is 6.92 Å². The predicted molar refractivity (Wildman–Crippen MR) is 113 cm³/mol. The number of hydrogen-bond acceptors (Lipinski definition) is 5. The third-order valence-electron chi connectivity index (χ3n) is 4.69. The minimum Gasteiger partial charge on any atom is -0.383 e. The van der Waals surface area contributed by atoms with E-state index < -0.39 is 15.9 Å². The predicted octanol–water partition coefficient (Wildman–Crippen LogP) is 2.06. The van der Waals surface area contributed by atoms with Gasteiger partial charge in [0.15, 0.2) is 0 Å². The van der Waals surface area contributed by atoms with Crippen molar-refractivity contribution in [3.05, 3.63) is 59.2 Å². The van der Waals surface area contributed by atoms with Crippen molar-refractivity contribution in [3.63, 3.8) is 0 Å². The molecule has 30 heavy (non-hydrogen) atoms. The van der Waals surface area contributed by atoms with Crippen LogP contribution in [-0.4, -0.2) is 46.5 Å². The van der Waals surface area contributed by atoms with Crippen molar-refractivity contribution in [2.75, 3.05) is 25.6 Å². The fourth-order valence-corrected chi connectivity index (χ4v) is 3.75. The molecule has 1 fully saturated rings. The van der Waals surface area contributed by atoms with Crippen LogP contribution in [0.15, 0.2) is 47.4 Å². The van der Waals surface area contributed by atoms with Gasteiger partial charge >= 0.3 is 0 Å². The summed E-state index contributed by atoms with van der Waals surface area (Å²) >= 11 is 0. The van der Waals surface area contributed by atoms with Crippen molar-refractivity contribution in [1.29, 1.82) is 0 Å². The topological polar surface area (TPSA) is 114 Å². The molecule has 0 bridgehead atoms. The molecule has 2 aromatic rings. The molecule has 0 unspecified atom stereocenters. The average Bonchev–Trinajstić information content (AvgIpc) is 3.53. The molecule has 160 valence electrons. The summed E-state index contributed by atoms with van der Waals surface area (Å²) in [5.74, 6) is -0.558. The Morgan fingerprint density at radius 2 is 1.70 bits per heavy atom. The van der Waals surface area contributed by atoms with Gasteiger partial charge in [0.05, 0.1) is 11.5 Å². The maximum Gasteiger partial charge on any atom is 0.255 e. The van der Waals surface area contributed by atoms with Crippen molar-refractivity contribution in [1.82, 2.24) is 10.0 Å². The number of hydrogen-bond donors (Lipinski definition) is 3. The fourth-order valence-electron chi connectivity index (χ4n) is 2.74. The third-order valence-corrected chi connectivity index (χ3v) is 6.16. The number of sulfonamides is 1. The zero-order chi connectivity index (χ0) is 21.7. The Morgan fingerprint density at radius 3 is 2.33 bits per heavy atom. The zero-order valence-electron chi connectivity index (χ0n) is 16.9. The number of benzene rings is 2. The van der Waals surface area contributed by atoms with E-state index in [4.69, 9.17) is 4.74 Å². The van der Waals surface area contributed by atoms with E-state index in [0.717, 1.165) is 18.4 Å². The van der Waals surface area contributed by atoms with Crippen molar-refractivity contribution in [2.45, 2.75) is 30.7 Å². The van der Waals surface area contributed by atoms with E-state index in [0.29, 0.717) is 16.8 Å². The van der Waals surface area contributed by atoms with Gasteiger partial charge in [-0.25, -0.2) is 13.1 Å². The van der Waals surface area contributed by atoms with Gasteiger partial charge < -0.3 is 15.4 Å². The Bertz CT molecular complexity index is 1030. The Balaban J connectivity index is 1.69. The van der Waals surface area contributed by atoms with E-state index in [2.05, 4.69) is 15.4 Å². The molecule has 3 N–H and O–H groups in total. The Kier molecular flexibility index (Phi) is 6.86. The van der Waals surface area contributed by atoms with E-state index in [9.17, 15) is 18.0 Å². The van der Waals surface area contributed by atoms with Crippen LogP contribution in [0.5, 0.6) is 0 Å². The van der Waals surface area contributed by atoms with E-state index in [-0.39, 0.29) is 30.0 Å². The van der Waals surface area contributed by atoms with Gasteiger partial charge in [-0.05, 0) is 61.7 Å². The quantitative estimate of drug-likeness (QED) is 0.526. The van der Waals surface area contributed by atoms with Crippen LogP contribution >= 0.6 is 0 Å². The lowest BCUT2D eigenvalue weighted by Crippen LogP contribution is -2.27. The number of anilines is 1. The molecule has 1 aliphatic rings. The second-order valence-corrected chi connectivity index (χ2v) is 8.91. The molecule has 2 aromatic carbocycles. The maximum absolute atomic E-state index is 12.6. The van der Waals surface area contributed by atoms with E-state index in [1.54, 1.807) is 18.2 Å². The SMILES string of the molecule is COCCNS(=O)(=O)c1ccc(C(=O)Nc2cc(C(=O)NC3CC3)ccc2C)cc1. The van der Waals surface area contributed by atoms with Crippen molar-refractivity contribution >= 4 is 27.5 Å². The first-order chi connectivity index (χ1) is 14.3. The third kappa shape index (κ3) is 5.65. The molecule has 9 heteroatoms. The summed E-state index contributed by atoms with van der Waals surface area (Å²) < 4.78 is 31.6. The molecule has 1 aliphatic carbocycles. The Morgan fingerprint density at radius 1 is 1.03 bits per heavy atom. The summed E-state index contributed by atoms with van der Waals surface area (Å²) in [5, 5.41) is 5.71. The molecule has 2 amide bonds. The first-order valence-electron chi connectivity index (χ1n) is 9.61. The highest BCUT2D eigenvalue weighted by Crippen LogP contribution is 2.22. The average molecular weight is 432 g/mol. The number of rotatable bonds is 9. The summed E-state index contributed by atoms with van der Waals surface area (Å²) in [6, 6.07) is 11.0. The summed E-state index contributed by atoms with van der Waals surface area (Å²) in [6.45, 7) is 2.25. The molecule has 0 saturated heterocycles. The lowest BCUT2D eigenvalue weighted by atomic mass is 10.1. The standard InChI is InChI=1S/C21H25N3O5S/c1-14-3-4-16(21(26)23-17-7-8-17)13-19(14)24-20(25)15-5-9-18(10-6-15)30(27,28)22-11-12-29-2/h3-6,9-10,13,17,22H,7-8,11-12H2,1-2H3,(H,23,26)(H,24,25). The van der Waals surface area contributed by atoms with Crippen LogP contribution in [-0.2, 0) is 14.8 Å². The summed E-state index contributed by atoms with van der Waals surface area (Å²) in [6.07, 6.45) is 1.99. The van der Waals surface area contributed by atoms with Crippen molar-refractivity contribution in [2.24, 2.45) is 0 Å². The van der Waals surface area contributed by atoms with Crippen molar-refractivity contribution in [3.8, 4) is 0 Å². The van der Waals surface area contributed by atoms with Crippen LogP contribution < -0.4 is 15.4 Å². The first kappa shape index (κ1) is 21.9. The molecule has 0 spiro atoms. The molecule has 0 atom stereocenters. The van der Waals surface area contributed by atoms with Gasteiger partial charge in [0.2, 0.25) is 10.0 Å². The molecule has 8 nitrogen and oxygen atoms in total. The van der Waals surface area contributed by atoms with Gasteiger partial charge in [-0.3, -0.25) is 9.59 Å². The zero-order valence-corrected chi connectivity index (χ0v) is 17.7. The molecule has 0 heterocycles. The molecule has 1 saturated carbocycles. The number of methoxy groups -OCH3 is 1. The molecular formula is C21H25N3O5S. The number of nitrogens with one attached hydrogen (secondary N) is 3. The number of ether oxygens (including phenoxy) is 1. The normalized spacial score (nSPS) is 13.7. The highest BCUT2D eigenvalue weighted by molar-refractivity contribution is 7.89. The molecular weight excluding hydrogens is 406 g/mol.